The summed E-state index contributed by atoms with van der Waals surface area (Å²) < 4.78 is 22.6. The Morgan fingerprint density at radius 1 is 1.35 bits per heavy atom. The molecule has 1 fully saturated rings. The number of nitrogens with one attached hydrogen (secondary N) is 1. The highest BCUT2D eigenvalue weighted by Crippen LogP contribution is 2.43. The first-order chi connectivity index (χ1) is 16.3. The van der Waals surface area contributed by atoms with Crippen LogP contribution in [0, 0.1) is 17.1 Å². The molecule has 0 aliphatic heterocycles. The zero-order chi connectivity index (χ0) is 24.1. The fourth-order valence-corrected chi connectivity index (χ4v) is 4.05. The summed E-state index contributed by atoms with van der Waals surface area (Å²) in [6, 6.07) is 8.03. The van der Waals surface area contributed by atoms with E-state index in [0.29, 0.717) is 11.1 Å². The van der Waals surface area contributed by atoms with Gasteiger partial charge >= 0.3 is 0 Å². The number of amides is 1. The molecule has 2 heterocycles. The number of nitrogens with two attached hydrogens (primary N) is 1. The van der Waals surface area contributed by atoms with Crippen LogP contribution in [0.4, 0.5) is 4.39 Å². The minimum Gasteiger partial charge on any atom is -0.489 e. The van der Waals surface area contributed by atoms with Crippen molar-refractivity contribution in [1.29, 1.82) is 5.26 Å². The second-order valence-corrected chi connectivity index (χ2v) is 8.31. The highest BCUT2D eigenvalue weighted by molar-refractivity contribution is 6.31. The van der Waals surface area contributed by atoms with Crippen molar-refractivity contribution in [3.8, 4) is 34.2 Å². The van der Waals surface area contributed by atoms with Gasteiger partial charge in [-0.05, 0) is 30.5 Å². The number of primary amides is 1. The summed E-state index contributed by atoms with van der Waals surface area (Å²) in [5, 5.41) is 20.4. The van der Waals surface area contributed by atoms with E-state index in [-0.39, 0.29) is 50.2 Å². The van der Waals surface area contributed by atoms with Crippen LogP contribution < -0.4 is 16.0 Å². The van der Waals surface area contributed by atoms with Gasteiger partial charge in [0.1, 0.15) is 17.4 Å². The van der Waals surface area contributed by atoms with Gasteiger partial charge in [0, 0.05) is 24.1 Å². The van der Waals surface area contributed by atoms with Crippen LogP contribution in [0.2, 0.25) is 5.02 Å². The third kappa shape index (κ3) is 3.47. The third-order valence-electron chi connectivity index (χ3n) is 5.62. The van der Waals surface area contributed by atoms with Gasteiger partial charge in [0.2, 0.25) is 0 Å². The lowest BCUT2D eigenvalue weighted by Gasteiger charge is -2.15. The number of aromatic nitrogens is 4. The number of rotatable bonds is 5. The van der Waals surface area contributed by atoms with E-state index in [9.17, 15) is 14.9 Å². The SMILES string of the molecule is Cn1ncc(-c2ccc3c(=O)[nH]nc(C(N)=O)c3c2)c1-c1c(F)c(Cl)cc(OC2CC2)c1C#N. The van der Waals surface area contributed by atoms with Crippen molar-refractivity contribution in [2.75, 3.05) is 0 Å². The Balaban J connectivity index is 1.77. The van der Waals surface area contributed by atoms with Gasteiger partial charge < -0.3 is 10.5 Å². The van der Waals surface area contributed by atoms with Gasteiger partial charge in [-0.2, -0.15) is 15.5 Å². The molecule has 4 aromatic rings. The van der Waals surface area contributed by atoms with E-state index < -0.39 is 17.3 Å². The smallest absolute Gasteiger partial charge is 0.272 e. The number of halogens is 2. The fourth-order valence-electron chi connectivity index (χ4n) is 3.86. The first-order valence-corrected chi connectivity index (χ1v) is 10.6. The van der Waals surface area contributed by atoms with Crippen molar-refractivity contribution < 1.29 is 13.9 Å². The quantitative estimate of drug-likeness (QED) is 0.451. The number of nitriles is 1. The number of aryl methyl sites for hydroxylation is 1. The maximum absolute atomic E-state index is 15.4. The Morgan fingerprint density at radius 3 is 2.79 bits per heavy atom. The molecule has 34 heavy (non-hydrogen) atoms. The predicted octanol–water partition coefficient (Wildman–Crippen LogP) is 3.29. The maximum Gasteiger partial charge on any atom is 0.272 e. The molecule has 0 unspecified atom stereocenters. The summed E-state index contributed by atoms with van der Waals surface area (Å²) in [7, 11) is 1.60. The first kappa shape index (κ1) is 21.6. The van der Waals surface area contributed by atoms with E-state index in [4.69, 9.17) is 22.1 Å². The predicted molar refractivity (Wildman–Crippen MR) is 122 cm³/mol. The monoisotopic (exact) mass is 478 g/mol. The Hall–Kier alpha value is -4.23. The average molecular weight is 479 g/mol. The minimum absolute atomic E-state index is 0.00428. The van der Waals surface area contributed by atoms with Crippen LogP contribution in [0.25, 0.3) is 33.2 Å². The first-order valence-electron chi connectivity index (χ1n) is 10.2. The molecule has 2 aromatic heterocycles. The van der Waals surface area contributed by atoms with Crippen LogP contribution in [0.15, 0.2) is 35.3 Å². The summed E-state index contributed by atoms with van der Waals surface area (Å²) in [6.45, 7) is 0. The number of aromatic amines is 1. The molecule has 1 aliphatic rings. The third-order valence-corrected chi connectivity index (χ3v) is 5.90. The van der Waals surface area contributed by atoms with Crippen LogP contribution in [0.5, 0.6) is 5.75 Å². The summed E-state index contributed by atoms with van der Waals surface area (Å²) in [5.41, 5.74) is 5.97. The molecule has 0 bridgehead atoms. The Labute approximate surface area is 196 Å². The molecule has 0 saturated heterocycles. The van der Waals surface area contributed by atoms with Crippen LogP contribution in [-0.4, -0.2) is 32.0 Å². The largest absolute Gasteiger partial charge is 0.489 e. The fraction of sp³-hybridized carbons (Fsp3) is 0.174. The van der Waals surface area contributed by atoms with Crippen LogP contribution in [0.1, 0.15) is 28.9 Å². The normalized spacial score (nSPS) is 13.1. The van der Waals surface area contributed by atoms with E-state index in [1.165, 1.54) is 23.0 Å². The van der Waals surface area contributed by atoms with Crippen molar-refractivity contribution in [3.05, 3.63) is 62.9 Å². The van der Waals surface area contributed by atoms with Crippen molar-refractivity contribution >= 4 is 28.3 Å². The number of carbonyl (C=O) groups excluding carboxylic acids is 1. The number of ether oxygens (including phenoxy) is 1. The standard InChI is InChI=1S/C23H16ClFN6O3/c1-31-21(18-14(8-26)17(34-11-3-4-11)7-16(24)19(18)25)15(9-28-31)10-2-5-12-13(6-10)20(22(27)32)29-30-23(12)33/h2,5-7,9,11H,3-4H2,1H3,(H2,27,32)(H,30,33). The van der Waals surface area contributed by atoms with Crippen LogP contribution in [-0.2, 0) is 7.05 Å². The summed E-state index contributed by atoms with van der Waals surface area (Å²) in [5.74, 6) is -1.41. The number of H-pyrrole nitrogens is 1. The van der Waals surface area contributed by atoms with E-state index >= 15 is 4.39 Å². The second-order valence-electron chi connectivity index (χ2n) is 7.91. The van der Waals surface area contributed by atoms with Crippen molar-refractivity contribution in [1.82, 2.24) is 20.0 Å². The molecular weight excluding hydrogens is 463 g/mol. The number of nitrogens with zero attached hydrogens (tertiary/aromatic N) is 4. The molecule has 1 aliphatic carbocycles. The zero-order valence-corrected chi connectivity index (χ0v) is 18.5. The Morgan fingerprint density at radius 2 is 2.12 bits per heavy atom. The lowest BCUT2D eigenvalue weighted by atomic mass is 9.95. The topological polar surface area (TPSA) is 140 Å². The second kappa shape index (κ2) is 7.97. The summed E-state index contributed by atoms with van der Waals surface area (Å²) in [4.78, 5) is 24.1. The molecule has 0 spiro atoms. The van der Waals surface area contributed by atoms with Crippen molar-refractivity contribution in [2.24, 2.45) is 12.8 Å². The highest BCUT2D eigenvalue weighted by atomic mass is 35.5. The number of hydrogen-bond donors (Lipinski definition) is 2. The van der Waals surface area contributed by atoms with E-state index in [1.54, 1.807) is 19.2 Å². The van der Waals surface area contributed by atoms with Gasteiger partial charge in [-0.3, -0.25) is 14.3 Å². The molecule has 5 rings (SSSR count). The van der Waals surface area contributed by atoms with Gasteiger partial charge in [0.25, 0.3) is 11.5 Å². The van der Waals surface area contributed by atoms with Crippen LogP contribution >= 0.6 is 11.6 Å². The number of carbonyl (C=O) groups is 1. The van der Waals surface area contributed by atoms with E-state index in [0.717, 1.165) is 12.8 Å². The molecule has 2 aromatic carbocycles. The van der Waals surface area contributed by atoms with Gasteiger partial charge in [0.05, 0.1) is 34.0 Å². The lowest BCUT2D eigenvalue weighted by molar-refractivity contribution is 0.0996. The number of benzene rings is 2. The lowest BCUT2D eigenvalue weighted by Crippen LogP contribution is -2.19. The molecule has 9 nitrogen and oxygen atoms in total. The van der Waals surface area contributed by atoms with Crippen molar-refractivity contribution in [2.45, 2.75) is 18.9 Å². The van der Waals surface area contributed by atoms with E-state index in [2.05, 4.69) is 15.3 Å². The van der Waals surface area contributed by atoms with Gasteiger partial charge in [-0.15, -0.1) is 0 Å². The summed E-state index contributed by atoms with van der Waals surface area (Å²) in [6.07, 6.45) is 3.15. The Kier molecular flexibility index (Phi) is 5.06. The number of hydrogen-bond acceptors (Lipinski definition) is 6. The molecule has 0 atom stereocenters. The van der Waals surface area contributed by atoms with Crippen molar-refractivity contribution in [3.63, 3.8) is 0 Å². The average Bonchev–Trinajstić information content (AvgIpc) is 3.55. The molecule has 170 valence electrons. The van der Waals surface area contributed by atoms with Gasteiger partial charge in [-0.25, -0.2) is 9.49 Å². The van der Waals surface area contributed by atoms with E-state index in [1.807, 2.05) is 6.07 Å². The molecule has 1 amide bonds. The van der Waals surface area contributed by atoms with Gasteiger partial charge in [-0.1, -0.05) is 17.7 Å². The molecule has 3 N–H and O–H groups in total. The molecule has 1 saturated carbocycles. The molecule has 0 radical (unpaired) electrons. The zero-order valence-electron chi connectivity index (χ0n) is 17.7. The van der Waals surface area contributed by atoms with Crippen LogP contribution in [0.3, 0.4) is 0 Å². The Bertz CT molecular complexity index is 1600. The number of fused-ring (bicyclic) bond motifs is 1. The summed E-state index contributed by atoms with van der Waals surface area (Å²) >= 11 is 6.18. The maximum atomic E-state index is 15.4. The minimum atomic E-state index is -0.820. The highest BCUT2D eigenvalue weighted by Gasteiger charge is 2.30. The molecule has 11 heteroatoms. The molecular formula is C23H16ClFN6O3. The van der Waals surface area contributed by atoms with Gasteiger partial charge in [0.15, 0.2) is 11.5 Å².